The Morgan fingerprint density at radius 2 is 2.10 bits per heavy atom. The van der Waals surface area contributed by atoms with Crippen molar-refractivity contribution in [3.63, 3.8) is 0 Å². The van der Waals surface area contributed by atoms with E-state index >= 15 is 0 Å². The highest BCUT2D eigenvalue weighted by Crippen LogP contribution is 2.27. The fourth-order valence-electron chi connectivity index (χ4n) is 2.24. The molecule has 0 atom stereocenters. The van der Waals surface area contributed by atoms with Gasteiger partial charge in [0.2, 0.25) is 0 Å². The minimum atomic E-state index is -0.0259. The molecule has 0 saturated heterocycles. The molecule has 0 N–H and O–H groups in total. The van der Waals surface area contributed by atoms with Gasteiger partial charge in [0.15, 0.2) is 0 Å². The highest BCUT2D eigenvalue weighted by Gasteiger charge is 2.10. The highest BCUT2D eigenvalue weighted by atomic mass is 79.9. The van der Waals surface area contributed by atoms with Crippen molar-refractivity contribution in [1.82, 2.24) is 4.57 Å². The molecule has 4 heteroatoms. The van der Waals surface area contributed by atoms with Crippen LogP contribution in [-0.4, -0.2) is 11.2 Å². The molecule has 2 aromatic rings. The van der Waals surface area contributed by atoms with Crippen LogP contribution in [-0.2, 0) is 6.54 Å². The van der Waals surface area contributed by atoms with Crippen LogP contribution in [0.25, 0.3) is 11.3 Å². The van der Waals surface area contributed by atoms with Gasteiger partial charge in [0.25, 0.3) is 5.56 Å². The Kier molecular flexibility index (Phi) is 4.87. The summed E-state index contributed by atoms with van der Waals surface area (Å²) >= 11 is 3.28. The SMILES string of the molecule is C#CCOc1ccc(-c2ccc(Br)c(=O)n2CC)c(C)c1. The summed E-state index contributed by atoms with van der Waals surface area (Å²) in [6.45, 7) is 4.81. The van der Waals surface area contributed by atoms with Gasteiger partial charge in [0.1, 0.15) is 12.4 Å². The number of ether oxygens (including phenoxy) is 1. The molecule has 0 aliphatic heterocycles. The third kappa shape index (κ3) is 3.20. The van der Waals surface area contributed by atoms with Gasteiger partial charge in [-0.1, -0.05) is 5.92 Å². The minimum Gasteiger partial charge on any atom is -0.481 e. The van der Waals surface area contributed by atoms with Crippen molar-refractivity contribution < 1.29 is 4.74 Å². The first-order valence-electron chi connectivity index (χ1n) is 6.65. The van der Waals surface area contributed by atoms with Crippen LogP contribution >= 0.6 is 15.9 Å². The lowest BCUT2D eigenvalue weighted by atomic mass is 10.0. The zero-order valence-electron chi connectivity index (χ0n) is 12.0. The number of pyridine rings is 1. The molecule has 2 rings (SSSR count). The van der Waals surface area contributed by atoms with E-state index in [9.17, 15) is 4.79 Å². The van der Waals surface area contributed by atoms with Gasteiger partial charge in [-0.15, -0.1) is 6.42 Å². The zero-order chi connectivity index (χ0) is 15.4. The molecule has 0 unspecified atom stereocenters. The molecule has 0 saturated carbocycles. The van der Waals surface area contributed by atoms with Gasteiger partial charge in [-0.05, 0) is 65.7 Å². The van der Waals surface area contributed by atoms with Crippen molar-refractivity contribution in [2.24, 2.45) is 0 Å². The number of aromatic nitrogens is 1. The highest BCUT2D eigenvalue weighted by molar-refractivity contribution is 9.10. The summed E-state index contributed by atoms with van der Waals surface area (Å²) in [6, 6.07) is 9.48. The monoisotopic (exact) mass is 345 g/mol. The van der Waals surface area contributed by atoms with E-state index in [1.165, 1.54) is 0 Å². The van der Waals surface area contributed by atoms with E-state index in [-0.39, 0.29) is 12.2 Å². The Morgan fingerprint density at radius 1 is 1.33 bits per heavy atom. The Balaban J connectivity index is 2.51. The predicted octanol–water partition coefficient (Wildman–Crippen LogP) is 3.62. The molecule has 0 amide bonds. The molecule has 1 heterocycles. The second-order valence-electron chi connectivity index (χ2n) is 4.59. The van der Waals surface area contributed by atoms with Gasteiger partial charge >= 0.3 is 0 Å². The van der Waals surface area contributed by atoms with Crippen molar-refractivity contribution in [3.05, 3.63) is 50.7 Å². The van der Waals surface area contributed by atoms with Crippen LogP contribution in [0.15, 0.2) is 39.6 Å². The Labute approximate surface area is 132 Å². The summed E-state index contributed by atoms with van der Waals surface area (Å²) in [4.78, 5) is 12.2. The summed E-state index contributed by atoms with van der Waals surface area (Å²) in [5.74, 6) is 3.17. The average molecular weight is 346 g/mol. The van der Waals surface area contributed by atoms with Gasteiger partial charge < -0.3 is 9.30 Å². The second-order valence-corrected chi connectivity index (χ2v) is 5.44. The topological polar surface area (TPSA) is 31.2 Å². The summed E-state index contributed by atoms with van der Waals surface area (Å²) in [6.07, 6.45) is 5.19. The predicted molar refractivity (Wildman–Crippen MR) is 88.6 cm³/mol. The standard InChI is InChI=1S/C17H16BrNO2/c1-4-10-21-13-6-7-14(12(3)11-13)16-9-8-15(18)17(20)19(16)5-2/h1,6-9,11H,5,10H2,2-3H3. The molecule has 0 bridgehead atoms. The maximum atomic E-state index is 12.2. The molecule has 3 nitrogen and oxygen atoms in total. The molecule has 0 aliphatic carbocycles. The first-order valence-corrected chi connectivity index (χ1v) is 7.44. The van der Waals surface area contributed by atoms with E-state index in [4.69, 9.17) is 11.2 Å². The molecule has 0 fully saturated rings. The number of hydrogen-bond acceptors (Lipinski definition) is 2. The molecule has 0 aliphatic rings. The van der Waals surface area contributed by atoms with Crippen LogP contribution in [0.5, 0.6) is 5.75 Å². The number of halogens is 1. The number of benzene rings is 1. The summed E-state index contributed by atoms with van der Waals surface area (Å²) in [5, 5.41) is 0. The maximum Gasteiger partial charge on any atom is 0.265 e. The van der Waals surface area contributed by atoms with Gasteiger partial charge in [-0.3, -0.25) is 4.79 Å². The zero-order valence-corrected chi connectivity index (χ0v) is 13.6. The maximum absolute atomic E-state index is 12.2. The van der Waals surface area contributed by atoms with Crippen LogP contribution < -0.4 is 10.3 Å². The molecule has 1 aromatic carbocycles. The molecule has 108 valence electrons. The van der Waals surface area contributed by atoms with E-state index in [0.717, 1.165) is 22.6 Å². The molecule has 0 spiro atoms. The van der Waals surface area contributed by atoms with Gasteiger partial charge in [0.05, 0.1) is 10.2 Å². The van der Waals surface area contributed by atoms with E-state index in [1.807, 2.05) is 38.1 Å². The van der Waals surface area contributed by atoms with Crippen molar-refractivity contribution >= 4 is 15.9 Å². The van der Waals surface area contributed by atoms with Crippen molar-refractivity contribution in [3.8, 4) is 29.4 Å². The lowest BCUT2D eigenvalue weighted by Gasteiger charge is -2.14. The van der Waals surface area contributed by atoms with Crippen molar-refractivity contribution in [1.29, 1.82) is 0 Å². The third-order valence-electron chi connectivity index (χ3n) is 3.24. The van der Waals surface area contributed by atoms with Crippen LogP contribution in [0.2, 0.25) is 0 Å². The number of rotatable bonds is 4. The Bertz CT molecular complexity index is 756. The number of aryl methyl sites for hydroxylation is 1. The van der Waals surface area contributed by atoms with Gasteiger partial charge in [-0.25, -0.2) is 0 Å². The van der Waals surface area contributed by atoms with Crippen LogP contribution in [0.1, 0.15) is 12.5 Å². The molecule has 21 heavy (non-hydrogen) atoms. The normalized spacial score (nSPS) is 10.2. The molecule has 0 radical (unpaired) electrons. The summed E-state index contributed by atoms with van der Waals surface area (Å²) in [7, 11) is 0. The first-order chi connectivity index (χ1) is 10.1. The first kappa shape index (κ1) is 15.4. The molecular weight excluding hydrogens is 330 g/mol. The van der Waals surface area contributed by atoms with Gasteiger partial charge in [0, 0.05) is 12.1 Å². The van der Waals surface area contributed by atoms with E-state index in [0.29, 0.717) is 11.0 Å². The minimum absolute atomic E-state index is 0.0259. The fraction of sp³-hybridized carbons (Fsp3) is 0.235. The van der Waals surface area contributed by atoms with Crippen molar-refractivity contribution in [2.75, 3.05) is 6.61 Å². The molecule has 1 aromatic heterocycles. The lowest BCUT2D eigenvalue weighted by Crippen LogP contribution is -2.21. The fourth-order valence-corrected chi connectivity index (χ4v) is 2.59. The smallest absolute Gasteiger partial charge is 0.265 e. The van der Waals surface area contributed by atoms with E-state index in [1.54, 1.807) is 10.6 Å². The number of hydrogen-bond donors (Lipinski definition) is 0. The Hall–Kier alpha value is -1.99. The van der Waals surface area contributed by atoms with E-state index < -0.39 is 0 Å². The second kappa shape index (κ2) is 6.64. The van der Waals surface area contributed by atoms with Crippen molar-refractivity contribution in [2.45, 2.75) is 20.4 Å². The Morgan fingerprint density at radius 3 is 2.71 bits per heavy atom. The molecular formula is C17H16BrNO2. The largest absolute Gasteiger partial charge is 0.481 e. The van der Waals surface area contributed by atoms with Gasteiger partial charge in [-0.2, -0.15) is 0 Å². The lowest BCUT2D eigenvalue weighted by molar-refractivity contribution is 0.370. The van der Waals surface area contributed by atoms with Crippen LogP contribution in [0.3, 0.4) is 0 Å². The van der Waals surface area contributed by atoms with E-state index in [2.05, 4.69) is 21.9 Å². The third-order valence-corrected chi connectivity index (χ3v) is 3.84. The van der Waals surface area contributed by atoms with Crippen LogP contribution in [0, 0.1) is 19.3 Å². The quantitative estimate of drug-likeness (QED) is 0.792. The summed E-state index contributed by atoms with van der Waals surface area (Å²) in [5.41, 5.74) is 2.91. The average Bonchev–Trinajstić information content (AvgIpc) is 2.48. The summed E-state index contributed by atoms with van der Waals surface area (Å²) < 4.78 is 7.73. The number of terminal acetylenes is 1. The van der Waals surface area contributed by atoms with Crippen LogP contribution in [0.4, 0.5) is 0 Å². The number of nitrogens with zero attached hydrogens (tertiary/aromatic N) is 1.